The van der Waals surface area contributed by atoms with Gasteiger partial charge in [-0.3, -0.25) is 0 Å². The summed E-state index contributed by atoms with van der Waals surface area (Å²) in [6.45, 7) is 0.512. The Kier molecular flexibility index (Phi) is 6.70. The zero-order valence-electron chi connectivity index (χ0n) is 10.2. The monoisotopic (exact) mass is 287 g/mol. The number of rotatable bonds is 7. The molecule has 0 N–H and O–H groups in total. The van der Waals surface area contributed by atoms with Gasteiger partial charge in [0.1, 0.15) is 0 Å². The van der Waals surface area contributed by atoms with Gasteiger partial charge >= 0.3 is 0 Å². The molecule has 0 aliphatic rings. The van der Waals surface area contributed by atoms with Gasteiger partial charge in [0.2, 0.25) is 0 Å². The van der Waals surface area contributed by atoms with E-state index in [1.54, 1.807) is 13.2 Å². The van der Waals surface area contributed by atoms with Gasteiger partial charge in [-0.15, -0.1) is 11.6 Å². The minimum Gasteiger partial charge on any atom is -0.493 e. The molecule has 0 fully saturated rings. The fourth-order valence-corrected chi connectivity index (χ4v) is 1.91. The van der Waals surface area contributed by atoms with Gasteiger partial charge in [0.25, 0.3) is 0 Å². The van der Waals surface area contributed by atoms with Crippen molar-refractivity contribution < 1.29 is 9.47 Å². The first kappa shape index (κ1) is 14.9. The van der Waals surface area contributed by atoms with Crippen LogP contribution in [0.4, 0.5) is 0 Å². The molecule has 0 saturated carbocycles. The van der Waals surface area contributed by atoms with Crippen LogP contribution in [0.3, 0.4) is 0 Å². The highest BCUT2D eigenvalue weighted by molar-refractivity contribution is 6.32. The molecular formula is C13H15Cl2NO2. The average molecular weight is 288 g/mol. The number of ether oxygens (including phenoxy) is 2. The normalized spacial score (nSPS) is 9.89. The molecule has 0 heterocycles. The third-order valence-corrected chi connectivity index (χ3v) is 2.96. The Labute approximate surface area is 117 Å². The molecule has 0 amide bonds. The van der Waals surface area contributed by atoms with Gasteiger partial charge in [0, 0.05) is 12.3 Å². The number of nitriles is 1. The van der Waals surface area contributed by atoms with Crippen LogP contribution in [0.25, 0.3) is 0 Å². The van der Waals surface area contributed by atoms with Crippen molar-refractivity contribution in [3.63, 3.8) is 0 Å². The van der Waals surface area contributed by atoms with Crippen molar-refractivity contribution in [3.8, 4) is 17.6 Å². The maximum atomic E-state index is 8.42. The standard InChI is InChI=1S/C13H15Cl2NO2/c1-17-12-8-10(9-14)7-11(15)13(12)18-6-4-2-3-5-16/h7-8H,2-4,6,9H2,1H3. The van der Waals surface area contributed by atoms with Crippen molar-refractivity contribution in [3.05, 3.63) is 22.7 Å². The van der Waals surface area contributed by atoms with Crippen molar-refractivity contribution >= 4 is 23.2 Å². The van der Waals surface area contributed by atoms with E-state index in [1.807, 2.05) is 6.07 Å². The van der Waals surface area contributed by atoms with Gasteiger partial charge in [-0.05, 0) is 30.5 Å². The zero-order chi connectivity index (χ0) is 13.4. The zero-order valence-corrected chi connectivity index (χ0v) is 11.7. The molecule has 1 aromatic carbocycles. The Balaban J connectivity index is 2.67. The molecule has 0 spiro atoms. The van der Waals surface area contributed by atoms with Gasteiger partial charge in [0.05, 0.1) is 24.8 Å². The van der Waals surface area contributed by atoms with Crippen molar-refractivity contribution in [1.82, 2.24) is 0 Å². The quantitative estimate of drug-likeness (QED) is 0.559. The smallest absolute Gasteiger partial charge is 0.179 e. The molecule has 3 nitrogen and oxygen atoms in total. The maximum absolute atomic E-state index is 8.42. The number of halogens is 2. The lowest BCUT2D eigenvalue weighted by Gasteiger charge is -2.13. The number of unbranched alkanes of at least 4 members (excludes halogenated alkanes) is 2. The van der Waals surface area contributed by atoms with Gasteiger partial charge < -0.3 is 9.47 Å². The molecule has 18 heavy (non-hydrogen) atoms. The lowest BCUT2D eigenvalue weighted by atomic mass is 10.2. The van der Waals surface area contributed by atoms with E-state index in [0.717, 1.165) is 18.4 Å². The molecule has 0 aliphatic carbocycles. The summed E-state index contributed by atoms with van der Waals surface area (Å²) in [5, 5.41) is 8.91. The Hall–Kier alpha value is -1.11. The third kappa shape index (κ3) is 4.29. The van der Waals surface area contributed by atoms with Crippen LogP contribution < -0.4 is 9.47 Å². The Morgan fingerprint density at radius 1 is 1.33 bits per heavy atom. The fraction of sp³-hybridized carbons (Fsp3) is 0.462. The molecule has 1 aromatic rings. The second-order valence-corrected chi connectivity index (χ2v) is 4.38. The number of alkyl halides is 1. The predicted octanol–water partition coefficient (Wildman–Crippen LogP) is 4.16. The Bertz CT molecular complexity index is 430. The number of nitrogens with zero attached hydrogens (tertiary/aromatic N) is 1. The summed E-state index contributed by atoms with van der Waals surface area (Å²) in [7, 11) is 1.56. The molecule has 1 rings (SSSR count). The lowest BCUT2D eigenvalue weighted by molar-refractivity contribution is 0.287. The van der Waals surface area contributed by atoms with Gasteiger partial charge in [-0.25, -0.2) is 0 Å². The van der Waals surface area contributed by atoms with Crippen LogP contribution in [0, 0.1) is 11.3 Å². The summed E-state index contributed by atoms with van der Waals surface area (Å²) < 4.78 is 10.8. The van der Waals surface area contributed by atoms with Crippen LogP contribution in [-0.4, -0.2) is 13.7 Å². The van der Waals surface area contributed by atoms with E-state index in [-0.39, 0.29) is 0 Å². The second kappa shape index (κ2) is 8.07. The summed E-state index contributed by atoms with van der Waals surface area (Å²) in [4.78, 5) is 0. The molecular weight excluding hydrogens is 273 g/mol. The number of methoxy groups -OCH3 is 1. The number of hydrogen-bond acceptors (Lipinski definition) is 3. The van der Waals surface area contributed by atoms with Gasteiger partial charge in [0.15, 0.2) is 11.5 Å². The topological polar surface area (TPSA) is 42.2 Å². The molecule has 0 radical (unpaired) electrons. The Morgan fingerprint density at radius 2 is 2.11 bits per heavy atom. The minimum atomic E-state index is 0.374. The van der Waals surface area contributed by atoms with Crippen molar-refractivity contribution in [2.24, 2.45) is 0 Å². The highest BCUT2D eigenvalue weighted by Gasteiger charge is 2.11. The van der Waals surface area contributed by atoms with Gasteiger partial charge in [-0.2, -0.15) is 5.26 Å². The van der Waals surface area contributed by atoms with E-state index in [4.69, 9.17) is 37.9 Å². The molecule has 0 saturated heterocycles. The van der Waals surface area contributed by atoms with Crippen LogP contribution in [0.1, 0.15) is 24.8 Å². The molecule has 0 aromatic heterocycles. The molecule has 98 valence electrons. The van der Waals surface area contributed by atoms with Crippen molar-refractivity contribution in [1.29, 1.82) is 5.26 Å². The van der Waals surface area contributed by atoms with E-state index in [0.29, 0.717) is 35.4 Å². The first-order chi connectivity index (χ1) is 8.72. The Morgan fingerprint density at radius 3 is 2.72 bits per heavy atom. The van der Waals surface area contributed by atoms with E-state index in [2.05, 4.69) is 6.07 Å². The largest absolute Gasteiger partial charge is 0.493 e. The van der Waals surface area contributed by atoms with Crippen LogP contribution >= 0.6 is 23.2 Å². The summed E-state index contributed by atoms with van der Waals surface area (Å²) in [6, 6.07) is 5.67. The molecule has 0 aliphatic heterocycles. The van der Waals surface area contributed by atoms with Crippen LogP contribution in [0.15, 0.2) is 12.1 Å². The fourth-order valence-electron chi connectivity index (χ4n) is 1.47. The van der Waals surface area contributed by atoms with Crippen molar-refractivity contribution in [2.75, 3.05) is 13.7 Å². The number of hydrogen-bond donors (Lipinski definition) is 0. The van der Waals surface area contributed by atoms with Crippen LogP contribution in [0.2, 0.25) is 5.02 Å². The van der Waals surface area contributed by atoms with E-state index in [9.17, 15) is 0 Å². The first-order valence-corrected chi connectivity index (χ1v) is 6.56. The molecule has 0 atom stereocenters. The second-order valence-electron chi connectivity index (χ2n) is 3.71. The van der Waals surface area contributed by atoms with E-state index in [1.165, 1.54) is 0 Å². The third-order valence-electron chi connectivity index (χ3n) is 2.37. The summed E-state index contributed by atoms with van der Waals surface area (Å²) in [5.74, 6) is 1.49. The maximum Gasteiger partial charge on any atom is 0.179 e. The molecule has 0 unspecified atom stereocenters. The number of benzene rings is 1. The van der Waals surface area contributed by atoms with Gasteiger partial charge in [-0.1, -0.05) is 11.6 Å². The summed E-state index contributed by atoms with van der Waals surface area (Å²) in [6.07, 6.45) is 2.17. The lowest BCUT2D eigenvalue weighted by Crippen LogP contribution is -2.00. The minimum absolute atomic E-state index is 0.374. The van der Waals surface area contributed by atoms with E-state index >= 15 is 0 Å². The van der Waals surface area contributed by atoms with Crippen LogP contribution in [0.5, 0.6) is 11.5 Å². The predicted molar refractivity (Wildman–Crippen MR) is 72.5 cm³/mol. The highest BCUT2D eigenvalue weighted by atomic mass is 35.5. The summed E-state index contributed by atoms with van der Waals surface area (Å²) >= 11 is 11.9. The molecule has 0 bridgehead atoms. The van der Waals surface area contributed by atoms with Crippen molar-refractivity contribution in [2.45, 2.75) is 25.1 Å². The highest BCUT2D eigenvalue weighted by Crippen LogP contribution is 2.36. The summed E-state index contributed by atoms with van der Waals surface area (Å²) in [5.41, 5.74) is 0.885. The first-order valence-electron chi connectivity index (χ1n) is 5.65. The average Bonchev–Trinajstić information content (AvgIpc) is 2.39. The van der Waals surface area contributed by atoms with Crippen LogP contribution in [-0.2, 0) is 5.88 Å². The SMILES string of the molecule is COc1cc(CCl)cc(Cl)c1OCCCCC#N. The molecule has 5 heteroatoms. The van der Waals surface area contributed by atoms with E-state index < -0.39 is 0 Å².